The van der Waals surface area contributed by atoms with Crippen molar-refractivity contribution < 1.29 is 13.9 Å². The van der Waals surface area contributed by atoms with Crippen molar-refractivity contribution in [3.63, 3.8) is 0 Å². The number of anilines is 1. The van der Waals surface area contributed by atoms with Crippen molar-refractivity contribution in [1.29, 1.82) is 0 Å². The molecule has 0 saturated heterocycles. The Balaban J connectivity index is 3.22. The highest BCUT2D eigenvalue weighted by Crippen LogP contribution is 2.28. The van der Waals surface area contributed by atoms with Crippen LogP contribution in [0.25, 0.3) is 0 Å². The number of aromatic hydroxyl groups is 1. The molecule has 1 aromatic rings. The van der Waals surface area contributed by atoms with E-state index in [1.165, 1.54) is 0 Å². The average molecular weight is 189 g/mol. The highest BCUT2D eigenvalue weighted by Gasteiger charge is 2.16. The van der Waals surface area contributed by atoms with Crippen molar-refractivity contribution in [2.24, 2.45) is 5.73 Å². The summed E-state index contributed by atoms with van der Waals surface area (Å²) in [5, 5.41) is 9.02. The van der Waals surface area contributed by atoms with Crippen molar-refractivity contribution in [2.45, 2.75) is 13.0 Å². The van der Waals surface area contributed by atoms with Crippen LogP contribution in [0, 0.1) is 0 Å². The summed E-state index contributed by atoms with van der Waals surface area (Å²) in [6, 6.07) is 1.02. The molecule has 0 aliphatic rings. The molecule has 0 amide bonds. The molecule has 4 nitrogen and oxygen atoms in total. The fourth-order valence-corrected chi connectivity index (χ4v) is 0.896. The number of nitrogens with zero attached hydrogens (tertiary/aromatic N) is 1. The molecule has 1 aromatic heterocycles. The number of aromatic nitrogens is 1. The lowest BCUT2D eigenvalue weighted by Crippen LogP contribution is -2.06. The van der Waals surface area contributed by atoms with Crippen LogP contribution in [0.1, 0.15) is 17.8 Å². The van der Waals surface area contributed by atoms with Crippen LogP contribution < -0.4 is 11.5 Å². The highest BCUT2D eigenvalue weighted by atomic mass is 19.3. The molecule has 0 saturated carbocycles. The van der Waals surface area contributed by atoms with E-state index < -0.39 is 17.9 Å². The van der Waals surface area contributed by atoms with Gasteiger partial charge in [0.05, 0.1) is 11.4 Å². The van der Waals surface area contributed by atoms with Crippen molar-refractivity contribution >= 4 is 5.69 Å². The van der Waals surface area contributed by atoms with E-state index in [0.29, 0.717) is 0 Å². The molecule has 0 radical (unpaired) electrons. The van der Waals surface area contributed by atoms with Gasteiger partial charge in [-0.15, -0.1) is 0 Å². The third-order valence-electron chi connectivity index (χ3n) is 1.54. The minimum atomic E-state index is -2.83. The van der Waals surface area contributed by atoms with Gasteiger partial charge in [0.2, 0.25) is 0 Å². The first-order valence-electron chi connectivity index (χ1n) is 3.52. The number of pyridine rings is 1. The van der Waals surface area contributed by atoms with Crippen LogP contribution in [0.2, 0.25) is 0 Å². The lowest BCUT2D eigenvalue weighted by molar-refractivity contribution is 0.141. The van der Waals surface area contributed by atoms with Gasteiger partial charge in [0, 0.05) is 12.6 Å². The van der Waals surface area contributed by atoms with Gasteiger partial charge in [-0.05, 0) is 0 Å². The first-order chi connectivity index (χ1) is 6.06. The smallest absolute Gasteiger partial charge is 0.284 e. The predicted octanol–water partition coefficient (Wildman–Crippen LogP) is 0.766. The maximum Gasteiger partial charge on any atom is 0.284 e. The van der Waals surface area contributed by atoms with Gasteiger partial charge >= 0.3 is 0 Å². The molecule has 6 heteroatoms. The lowest BCUT2D eigenvalue weighted by atomic mass is 10.2. The second kappa shape index (κ2) is 3.53. The van der Waals surface area contributed by atoms with E-state index in [-0.39, 0.29) is 17.9 Å². The molecule has 0 fully saturated rings. The number of nitrogen functional groups attached to an aromatic ring is 1. The maximum atomic E-state index is 12.2. The van der Waals surface area contributed by atoms with Gasteiger partial charge in [-0.2, -0.15) is 0 Å². The fourth-order valence-electron chi connectivity index (χ4n) is 0.896. The predicted molar refractivity (Wildman–Crippen MR) is 43.2 cm³/mol. The monoisotopic (exact) mass is 189 g/mol. The Morgan fingerprint density at radius 2 is 2.15 bits per heavy atom. The van der Waals surface area contributed by atoms with E-state index in [4.69, 9.17) is 16.6 Å². The summed E-state index contributed by atoms with van der Waals surface area (Å²) < 4.78 is 24.3. The Hall–Kier alpha value is -1.43. The Kier molecular flexibility index (Phi) is 2.62. The molecule has 0 bridgehead atoms. The first-order valence-corrected chi connectivity index (χ1v) is 3.52. The molecular formula is C7H9F2N3O. The zero-order chi connectivity index (χ0) is 10.0. The number of hydrogen-bond acceptors (Lipinski definition) is 4. The van der Waals surface area contributed by atoms with Crippen LogP contribution in [-0.2, 0) is 6.54 Å². The average Bonchev–Trinajstić information content (AvgIpc) is 2.03. The molecule has 0 aliphatic heterocycles. The van der Waals surface area contributed by atoms with Crippen molar-refractivity contribution in [2.75, 3.05) is 5.73 Å². The van der Waals surface area contributed by atoms with Crippen LogP contribution >= 0.6 is 0 Å². The van der Waals surface area contributed by atoms with E-state index in [2.05, 4.69) is 4.98 Å². The zero-order valence-electron chi connectivity index (χ0n) is 6.67. The van der Waals surface area contributed by atoms with Crippen molar-refractivity contribution in [3.8, 4) is 5.75 Å². The molecule has 5 N–H and O–H groups in total. The number of halogens is 2. The van der Waals surface area contributed by atoms with Crippen molar-refractivity contribution in [3.05, 3.63) is 17.5 Å². The number of nitrogens with two attached hydrogens (primary N) is 2. The zero-order valence-corrected chi connectivity index (χ0v) is 6.67. The molecule has 1 heterocycles. The van der Waals surface area contributed by atoms with E-state index >= 15 is 0 Å². The molecule has 1 rings (SSSR count). The fraction of sp³-hybridized carbons (Fsp3) is 0.286. The summed E-state index contributed by atoms with van der Waals surface area (Å²) >= 11 is 0. The third-order valence-corrected chi connectivity index (χ3v) is 1.54. The van der Waals surface area contributed by atoms with Crippen LogP contribution in [0.4, 0.5) is 14.5 Å². The van der Waals surface area contributed by atoms with Crippen LogP contribution in [0.5, 0.6) is 5.75 Å². The minimum Gasteiger partial charge on any atom is -0.506 e. The molecule has 13 heavy (non-hydrogen) atoms. The Morgan fingerprint density at radius 1 is 1.54 bits per heavy atom. The Labute approximate surface area is 73.2 Å². The Morgan fingerprint density at radius 3 is 2.62 bits per heavy atom. The molecule has 0 atom stereocenters. The normalized spacial score (nSPS) is 10.8. The second-order valence-corrected chi connectivity index (χ2v) is 2.43. The van der Waals surface area contributed by atoms with Gasteiger partial charge in [-0.1, -0.05) is 0 Å². The largest absolute Gasteiger partial charge is 0.506 e. The van der Waals surface area contributed by atoms with Crippen molar-refractivity contribution in [1.82, 2.24) is 4.98 Å². The summed E-state index contributed by atoms with van der Waals surface area (Å²) in [7, 11) is 0. The van der Waals surface area contributed by atoms with Crippen LogP contribution in [0.3, 0.4) is 0 Å². The SMILES string of the molecule is NCc1nc(C(F)F)c(O)cc1N. The molecule has 0 aromatic carbocycles. The van der Waals surface area contributed by atoms with E-state index in [0.717, 1.165) is 6.07 Å². The minimum absolute atomic E-state index is 0.0359. The second-order valence-electron chi connectivity index (χ2n) is 2.43. The molecule has 0 spiro atoms. The van der Waals surface area contributed by atoms with Gasteiger partial charge in [0.25, 0.3) is 6.43 Å². The summed E-state index contributed by atoms with van der Waals surface area (Å²) in [6.45, 7) is -0.0359. The van der Waals surface area contributed by atoms with Crippen LogP contribution in [-0.4, -0.2) is 10.1 Å². The number of alkyl halides is 2. The summed E-state index contributed by atoms with van der Waals surface area (Å²) in [6.07, 6.45) is -2.83. The Bertz CT molecular complexity index is 317. The van der Waals surface area contributed by atoms with E-state index in [9.17, 15) is 8.78 Å². The quantitative estimate of drug-likeness (QED) is 0.641. The molecule has 72 valence electrons. The maximum absolute atomic E-state index is 12.2. The van der Waals surface area contributed by atoms with E-state index in [1.54, 1.807) is 0 Å². The standard InChI is InChI=1S/C7H9F2N3O/c8-7(9)6-5(13)1-3(11)4(2-10)12-6/h1,7,13H,2,10-11H2. The van der Waals surface area contributed by atoms with Gasteiger partial charge in [-0.25, -0.2) is 13.8 Å². The topological polar surface area (TPSA) is 85.2 Å². The summed E-state index contributed by atoms with van der Waals surface area (Å²) in [4.78, 5) is 3.44. The highest BCUT2D eigenvalue weighted by molar-refractivity contribution is 5.49. The molecule has 0 unspecified atom stereocenters. The summed E-state index contributed by atoms with van der Waals surface area (Å²) in [5.41, 5.74) is 10.1. The first kappa shape index (κ1) is 9.66. The molecular weight excluding hydrogens is 180 g/mol. The molecule has 0 aliphatic carbocycles. The van der Waals surface area contributed by atoms with E-state index in [1.807, 2.05) is 0 Å². The van der Waals surface area contributed by atoms with Crippen LogP contribution in [0.15, 0.2) is 6.07 Å². The van der Waals surface area contributed by atoms with Gasteiger partial charge in [-0.3, -0.25) is 0 Å². The van der Waals surface area contributed by atoms with Gasteiger partial charge < -0.3 is 16.6 Å². The number of rotatable bonds is 2. The number of hydrogen-bond donors (Lipinski definition) is 3. The van der Waals surface area contributed by atoms with Gasteiger partial charge in [0.1, 0.15) is 11.4 Å². The van der Waals surface area contributed by atoms with Gasteiger partial charge in [0.15, 0.2) is 0 Å². The lowest BCUT2D eigenvalue weighted by Gasteiger charge is -2.07. The third kappa shape index (κ3) is 1.83. The summed E-state index contributed by atoms with van der Waals surface area (Å²) in [5.74, 6) is -0.607.